The number of ether oxygens (including phenoxy) is 2. The molecule has 1 aliphatic heterocycles. The zero-order valence-electron chi connectivity index (χ0n) is 16.2. The molecule has 0 atom stereocenters. The number of hydrogen-bond acceptors (Lipinski definition) is 6. The van der Waals surface area contributed by atoms with Crippen LogP contribution in [0, 0.1) is 6.92 Å². The number of imide groups is 1. The van der Waals surface area contributed by atoms with Crippen LogP contribution in [0.4, 0.5) is 10.5 Å². The molecule has 0 unspecified atom stereocenters. The number of rotatable bonds is 6. The molecule has 0 aliphatic carbocycles. The Kier molecular flexibility index (Phi) is 6.23. The van der Waals surface area contributed by atoms with E-state index in [1.54, 1.807) is 36.4 Å². The molecule has 0 radical (unpaired) electrons. The maximum absolute atomic E-state index is 12.7. The summed E-state index contributed by atoms with van der Waals surface area (Å²) < 4.78 is 10.6. The summed E-state index contributed by atoms with van der Waals surface area (Å²) in [6.07, 6.45) is 1.56. The summed E-state index contributed by atoms with van der Waals surface area (Å²) in [7, 11) is 3.01. The summed E-state index contributed by atoms with van der Waals surface area (Å²) in [6, 6.07) is 12.5. The Labute approximate surface area is 172 Å². The highest BCUT2D eigenvalue weighted by Crippen LogP contribution is 2.37. The molecule has 2 aromatic carbocycles. The van der Waals surface area contributed by atoms with Gasteiger partial charge < -0.3 is 14.8 Å². The molecule has 0 aromatic heterocycles. The molecule has 2 aromatic rings. The van der Waals surface area contributed by atoms with Crippen LogP contribution in [0.1, 0.15) is 11.1 Å². The van der Waals surface area contributed by atoms with Crippen LogP contribution in [0.3, 0.4) is 0 Å². The van der Waals surface area contributed by atoms with Crippen LogP contribution in [0.5, 0.6) is 11.5 Å². The summed E-state index contributed by atoms with van der Waals surface area (Å²) in [6.45, 7) is 1.51. The lowest BCUT2D eigenvalue weighted by Gasteiger charge is -2.13. The fourth-order valence-corrected chi connectivity index (χ4v) is 3.68. The lowest BCUT2D eigenvalue weighted by molar-refractivity contribution is -0.127. The number of benzene rings is 2. The molecule has 1 N–H and O–H groups in total. The van der Waals surface area contributed by atoms with Crippen LogP contribution in [-0.2, 0) is 9.59 Å². The van der Waals surface area contributed by atoms with Crippen LogP contribution in [-0.4, -0.2) is 42.7 Å². The fraction of sp³-hybridized carbons (Fsp3) is 0.190. The molecule has 7 nitrogen and oxygen atoms in total. The highest BCUT2D eigenvalue weighted by atomic mass is 32.2. The van der Waals surface area contributed by atoms with Crippen molar-refractivity contribution in [3.8, 4) is 11.5 Å². The van der Waals surface area contributed by atoms with Crippen LogP contribution in [0.15, 0.2) is 47.4 Å². The second kappa shape index (κ2) is 8.83. The quantitative estimate of drug-likeness (QED) is 0.729. The number of hydrogen-bond donors (Lipinski definition) is 1. The average molecular weight is 412 g/mol. The van der Waals surface area contributed by atoms with Gasteiger partial charge in [0.1, 0.15) is 6.54 Å². The molecular formula is C21H20N2O5S. The minimum atomic E-state index is -0.523. The third-order valence-electron chi connectivity index (χ3n) is 4.31. The maximum Gasteiger partial charge on any atom is 0.294 e. The highest BCUT2D eigenvalue weighted by molar-refractivity contribution is 8.18. The Morgan fingerprint density at radius 1 is 1.10 bits per heavy atom. The zero-order valence-corrected chi connectivity index (χ0v) is 17.0. The maximum atomic E-state index is 12.7. The summed E-state index contributed by atoms with van der Waals surface area (Å²) >= 11 is 0.783. The first-order valence-electron chi connectivity index (χ1n) is 8.76. The molecule has 3 amide bonds. The normalized spacial score (nSPS) is 15.0. The molecule has 1 heterocycles. The first-order valence-corrected chi connectivity index (χ1v) is 9.58. The number of aryl methyl sites for hydroxylation is 1. The average Bonchev–Trinajstić information content (AvgIpc) is 2.96. The lowest BCUT2D eigenvalue weighted by atomic mass is 10.1. The monoisotopic (exact) mass is 412 g/mol. The summed E-state index contributed by atoms with van der Waals surface area (Å²) in [5.41, 5.74) is 2.13. The van der Waals surface area contributed by atoms with Gasteiger partial charge in [0.15, 0.2) is 11.5 Å². The van der Waals surface area contributed by atoms with Crippen LogP contribution >= 0.6 is 11.8 Å². The van der Waals surface area contributed by atoms with Crippen molar-refractivity contribution in [3.05, 3.63) is 58.5 Å². The van der Waals surface area contributed by atoms with Gasteiger partial charge in [0.2, 0.25) is 5.91 Å². The SMILES string of the molecule is COc1cccc(/C=C2/SC(=O)N(CC(=O)Nc3ccccc3C)C2=O)c1OC. The van der Waals surface area contributed by atoms with Crippen molar-refractivity contribution in [1.29, 1.82) is 0 Å². The fourth-order valence-electron chi connectivity index (χ4n) is 2.85. The van der Waals surface area contributed by atoms with Gasteiger partial charge in [-0.3, -0.25) is 19.3 Å². The molecule has 1 aliphatic rings. The van der Waals surface area contributed by atoms with Gasteiger partial charge in [-0.05, 0) is 42.5 Å². The number of thioether (sulfide) groups is 1. The van der Waals surface area contributed by atoms with E-state index < -0.39 is 17.1 Å². The molecule has 3 rings (SSSR count). The Balaban J connectivity index is 1.77. The van der Waals surface area contributed by atoms with E-state index in [1.807, 2.05) is 19.1 Å². The van der Waals surface area contributed by atoms with E-state index in [4.69, 9.17) is 9.47 Å². The van der Waals surface area contributed by atoms with Gasteiger partial charge in [-0.15, -0.1) is 0 Å². The molecule has 1 fully saturated rings. The van der Waals surface area contributed by atoms with Gasteiger partial charge in [0.25, 0.3) is 11.1 Å². The Morgan fingerprint density at radius 2 is 1.86 bits per heavy atom. The predicted molar refractivity (Wildman–Crippen MR) is 112 cm³/mol. The Hall–Kier alpha value is -3.26. The van der Waals surface area contributed by atoms with Gasteiger partial charge in [-0.25, -0.2) is 0 Å². The van der Waals surface area contributed by atoms with Gasteiger partial charge in [0, 0.05) is 11.3 Å². The van der Waals surface area contributed by atoms with E-state index in [9.17, 15) is 14.4 Å². The summed E-state index contributed by atoms with van der Waals surface area (Å²) in [5.74, 6) is 0.00352. The highest BCUT2D eigenvalue weighted by Gasteiger charge is 2.36. The number of para-hydroxylation sites is 2. The molecular weight excluding hydrogens is 392 g/mol. The first kappa shape index (κ1) is 20.5. The zero-order chi connectivity index (χ0) is 21.0. The second-order valence-corrected chi connectivity index (χ2v) is 7.21. The Bertz CT molecular complexity index is 1000. The van der Waals surface area contributed by atoms with Crippen molar-refractivity contribution in [2.45, 2.75) is 6.92 Å². The molecule has 0 saturated carbocycles. The minimum absolute atomic E-state index is 0.213. The number of anilines is 1. The Morgan fingerprint density at radius 3 is 2.55 bits per heavy atom. The smallest absolute Gasteiger partial charge is 0.294 e. The van der Waals surface area contributed by atoms with Gasteiger partial charge >= 0.3 is 0 Å². The third kappa shape index (κ3) is 4.43. The molecule has 1 saturated heterocycles. The van der Waals surface area contributed by atoms with E-state index in [0.717, 1.165) is 22.2 Å². The van der Waals surface area contributed by atoms with Crippen molar-refractivity contribution >= 4 is 40.6 Å². The summed E-state index contributed by atoms with van der Waals surface area (Å²) in [5, 5.41) is 2.23. The molecule has 8 heteroatoms. The minimum Gasteiger partial charge on any atom is -0.493 e. The first-order chi connectivity index (χ1) is 13.9. The van der Waals surface area contributed by atoms with Gasteiger partial charge in [-0.1, -0.05) is 30.3 Å². The van der Waals surface area contributed by atoms with Crippen molar-refractivity contribution in [2.75, 3.05) is 26.1 Å². The summed E-state index contributed by atoms with van der Waals surface area (Å²) in [4.78, 5) is 38.5. The number of carbonyl (C=O) groups is 3. The van der Waals surface area contributed by atoms with Gasteiger partial charge in [-0.2, -0.15) is 0 Å². The van der Waals surface area contributed by atoms with Crippen molar-refractivity contribution in [3.63, 3.8) is 0 Å². The number of methoxy groups -OCH3 is 2. The lowest BCUT2D eigenvalue weighted by Crippen LogP contribution is -2.36. The number of amides is 3. The predicted octanol–water partition coefficient (Wildman–Crippen LogP) is 3.69. The third-order valence-corrected chi connectivity index (χ3v) is 5.22. The van der Waals surface area contributed by atoms with Crippen molar-refractivity contribution in [1.82, 2.24) is 4.90 Å². The van der Waals surface area contributed by atoms with Gasteiger partial charge in [0.05, 0.1) is 19.1 Å². The molecule has 0 spiro atoms. The standard InChI is InChI=1S/C21H20N2O5S/c1-13-7-4-5-9-15(13)22-18(24)12-23-20(25)17(29-21(23)26)11-14-8-6-10-16(27-2)19(14)28-3/h4-11H,12H2,1-3H3,(H,22,24)/b17-11+. The molecule has 150 valence electrons. The van der Waals surface area contributed by atoms with E-state index in [-0.39, 0.29) is 11.4 Å². The van der Waals surface area contributed by atoms with E-state index in [2.05, 4.69) is 5.32 Å². The van der Waals surface area contributed by atoms with Crippen LogP contribution in [0.2, 0.25) is 0 Å². The van der Waals surface area contributed by atoms with Crippen LogP contribution < -0.4 is 14.8 Å². The van der Waals surface area contributed by atoms with Crippen molar-refractivity contribution in [2.24, 2.45) is 0 Å². The number of nitrogens with zero attached hydrogens (tertiary/aromatic N) is 1. The van der Waals surface area contributed by atoms with Crippen molar-refractivity contribution < 1.29 is 23.9 Å². The van der Waals surface area contributed by atoms with Crippen LogP contribution in [0.25, 0.3) is 6.08 Å². The molecule has 0 bridgehead atoms. The van der Waals surface area contributed by atoms with E-state index in [0.29, 0.717) is 22.7 Å². The second-order valence-electron chi connectivity index (χ2n) is 6.21. The van der Waals surface area contributed by atoms with E-state index in [1.165, 1.54) is 14.2 Å². The number of nitrogens with one attached hydrogen (secondary N) is 1. The van der Waals surface area contributed by atoms with E-state index >= 15 is 0 Å². The largest absolute Gasteiger partial charge is 0.493 e. The topological polar surface area (TPSA) is 84.9 Å². The molecule has 29 heavy (non-hydrogen) atoms. The number of carbonyl (C=O) groups excluding carboxylic acids is 3.